The molecular formula is C25H21N3O3S. The van der Waals surface area contributed by atoms with Crippen LogP contribution in [0.25, 0.3) is 10.9 Å². The molecule has 6 nitrogen and oxygen atoms in total. The van der Waals surface area contributed by atoms with Crippen LogP contribution in [-0.2, 0) is 10.0 Å². The van der Waals surface area contributed by atoms with Crippen molar-refractivity contribution in [3.8, 4) is 17.6 Å². The fourth-order valence-electron chi connectivity index (χ4n) is 3.16. The van der Waals surface area contributed by atoms with Gasteiger partial charge in [0.05, 0.1) is 17.3 Å². The van der Waals surface area contributed by atoms with Crippen LogP contribution in [0.5, 0.6) is 5.75 Å². The van der Waals surface area contributed by atoms with Crippen LogP contribution in [0.1, 0.15) is 25.0 Å². The molecule has 4 rings (SSSR count). The van der Waals surface area contributed by atoms with Crippen molar-refractivity contribution in [2.75, 3.05) is 4.72 Å². The lowest BCUT2D eigenvalue weighted by atomic mass is 10.2. The molecule has 7 heteroatoms. The fraction of sp³-hybridized carbons (Fsp3) is 0.120. The number of anilines is 1. The summed E-state index contributed by atoms with van der Waals surface area (Å²) in [5.74, 6) is 6.28. The van der Waals surface area contributed by atoms with Crippen molar-refractivity contribution in [3.05, 3.63) is 90.4 Å². The Morgan fingerprint density at radius 2 is 1.75 bits per heavy atom. The monoisotopic (exact) mass is 443 g/mol. The van der Waals surface area contributed by atoms with Crippen molar-refractivity contribution >= 4 is 26.6 Å². The largest absolute Gasteiger partial charge is 0.489 e. The summed E-state index contributed by atoms with van der Waals surface area (Å²) in [7, 11) is -4.04. The first kappa shape index (κ1) is 21.3. The van der Waals surface area contributed by atoms with Crippen molar-refractivity contribution in [2.45, 2.75) is 24.8 Å². The number of hydrogen-bond donors (Lipinski definition) is 1. The number of rotatable bonds is 5. The number of sulfonamides is 1. The molecule has 0 radical (unpaired) electrons. The molecule has 0 fully saturated rings. The Hall–Kier alpha value is -3.89. The topological polar surface area (TPSA) is 81.2 Å². The molecule has 0 atom stereocenters. The van der Waals surface area contributed by atoms with Crippen LogP contribution >= 0.6 is 0 Å². The third-order valence-corrected chi connectivity index (χ3v) is 5.92. The number of para-hydroxylation sites is 1. The van der Waals surface area contributed by atoms with Crippen molar-refractivity contribution in [2.24, 2.45) is 0 Å². The number of nitrogens with one attached hydrogen (secondary N) is 1. The van der Waals surface area contributed by atoms with E-state index >= 15 is 0 Å². The van der Waals surface area contributed by atoms with Gasteiger partial charge in [0.15, 0.2) is 4.90 Å². The SMILES string of the molecule is CC(C)Oc1ccc2cccnc2c1S(=O)(=O)Nc1ccccc1C#Cc1cccnc1. The van der Waals surface area contributed by atoms with Crippen molar-refractivity contribution in [1.29, 1.82) is 0 Å². The number of fused-ring (bicyclic) bond motifs is 1. The molecule has 4 aromatic rings. The van der Waals surface area contributed by atoms with Gasteiger partial charge in [-0.1, -0.05) is 30.0 Å². The Kier molecular flexibility index (Phi) is 6.06. The number of ether oxygens (including phenoxy) is 1. The third-order valence-electron chi connectivity index (χ3n) is 4.50. The Morgan fingerprint density at radius 3 is 2.53 bits per heavy atom. The number of hydrogen-bond acceptors (Lipinski definition) is 5. The summed E-state index contributed by atoms with van der Waals surface area (Å²) in [4.78, 5) is 8.37. The Balaban J connectivity index is 1.79. The van der Waals surface area contributed by atoms with Gasteiger partial charge < -0.3 is 4.74 Å². The molecule has 2 aromatic heterocycles. The second kappa shape index (κ2) is 9.08. The van der Waals surface area contributed by atoms with Crippen molar-refractivity contribution in [3.63, 3.8) is 0 Å². The van der Waals surface area contributed by atoms with E-state index in [1.54, 1.807) is 67.1 Å². The van der Waals surface area contributed by atoms with Crippen LogP contribution in [0.3, 0.4) is 0 Å². The van der Waals surface area contributed by atoms with E-state index in [0.29, 0.717) is 22.2 Å². The third kappa shape index (κ3) is 4.71. The Labute approximate surface area is 187 Å². The molecule has 0 aliphatic heterocycles. The summed E-state index contributed by atoms with van der Waals surface area (Å²) in [6.45, 7) is 3.69. The summed E-state index contributed by atoms with van der Waals surface area (Å²) in [5, 5.41) is 0.702. The number of aromatic nitrogens is 2. The highest BCUT2D eigenvalue weighted by atomic mass is 32.2. The normalized spacial score (nSPS) is 11.1. The molecule has 2 aromatic carbocycles. The van der Waals surface area contributed by atoms with Gasteiger partial charge in [-0.25, -0.2) is 8.42 Å². The molecule has 1 N–H and O–H groups in total. The number of nitrogens with zero attached hydrogens (tertiary/aromatic N) is 2. The quantitative estimate of drug-likeness (QED) is 0.455. The summed E-state index contributed by atoms with van der Waals surface area (Å²) in [6, 6.07) is 17.6. The van der Waals surface area contributed by atoms with Gasteiger partial charge in [-0.3, -0.25) is 14.7 Å². The summed E-state index contributed by atoms with van der Waals surface area (Å²) in [6.07, 6.45) is 4.68. The lowest BCUT2D eigenvalue weighted by Crippen LogP contribution is -2.17. The van der Waals surface area contributed by atoms with Gasteiger partial charge in [0.1, 0.15) is 5.75 Å². The van der Waals surface area contributed by atoms with E-state index < -0.39 is 10.0 Å². The van der Waals surface area contributed by atoms with E-state index in [1.807, 2.05) is 26.0 Å². The standard InChI is InChI=1S/C25H21N3O3S/c1-18(2)31-23-14-13-21-9-6-16-27-24(21)25(23)32(29,30)28-22-10-4-3-8-20(22)12-11-19-7-5-15-26-17-19/h3-10,13-18,28H,1-2H3. The highest BCUT2D eigenvalue weighted by molar-refractivity contribution is 7.93. The summed E-state index contributed by atoms with van der Waals surface area (Å²) in [5.41, 5.74) is 1.99. The van der Waals surface area contributed by atoms with Gasteiger partial charge in [0.25, 0.3) is 10.0 Å². The van der Waals surface area contributed by atoms with Crippen LogP contribution < -0.4 is 9.46 Å². The Morgan fingerprint density at radius 1 is 0.938 bits per heavy atom. The zero-order valence-corrected chi connectivity index (χ0v) is 18.4. The zero-order valence-electron chi connectivity index (χ0n) is 17.6. The highest BCUT2D eigenvalue weighted by Gasteiger charge is 2.25. The maximum absolute atomic E-state index is 13.6. The summed E-state index contributed by atoms with van der Waals surface area (Å²) >= 11 is 0. The number of benzene rings is 2. The highest BCUT2D eigenvalue weighted by Crippen LogP contribution is 2.33. The Bertz CT molecular complexity index is 1420. The smallest absolute Gasteiger partial charge is 0.267 e. The molecule has 0 bridgehead atoms. The van der Waals surface area contributed by atoms with E-state index in [0.717, 1.165) is 5.56 Å². The van der Waals surface area contributed by atoms with Crippen LogP contribution in [0.4, 0.5) is 5.69 Å². The molecule has 2 heterocycles. The predicted octanol–water partition coefficient (Wildman–Crippen LogP) is 4.62. The van der Waals surface area contributed by atoms with E-state index in [9.17, 15) is 8.42 Å². The lowest BCUT2D eigenvalue weighted by Gasteiger charge is -2.17. The molecule has 0 saturated carbocycles. The summed E-state index contributed by atoms with van der Waals surface area (Å²) < 4.78 is 35.6. The zero-order chi connectivity index (χ0) is 22.6. The minimum atomic E-state index is -4.04. The van der Waals surface area contributed by atoms with Crippen molar-refractivity contribution in [1.82, 2.24) is 9.97 Å². The first-order chi connectivity index (χ1) is 15.4. The maximum Gasteiger partial charge on any atom is 0.267 e. The second-order valence-corrected chi connectivity index (χ2v) is 8.90. The minimum absolute atomic E-state index is 0.000628. The lowest BCUT2D eigenvalue weighted by molar-refractivity contribution is 0.236. The van der Waals surface area contributed by atoms with Crippen molar-refractivity contribution < 1.29 is 13.2 Å². The van der Waals surface area contributed by atoms with Gasteiger partial charge in [-0.05, 0) is 56.3 Å². The van der Waals surface area contributed by atoms with Gasteiger partial charge in [-0.2, -0.15) is 0 Å². The molecule has 0 aliphatic carbocycles. The van der Waals surface area contributed by atoms with E-state index in [2.05, 4.69) is 26.5 Å². The van der Waals surface area contributed by atoms with Crippen LogP contribution in [0, 0.1) is 11.8 Å². The van der Waals surface area contributed by atoms with Gasteiger partial charge in [0.2, 0.25) is 0 Å². The number of pyridine rings is 2. The molecular weight excluding hydrogens is 422 g/mol. The average Bonchev–Trinajstić information content (AvgIpc) is 2.78. The first-order valence-electron chi connectivity index (χ1n) is 10.0. The van der Waals surface area contributed by atoms with Gasteiger partial charge in [0, 0.05) is 35.1 Å². The second-order valence-electron chi connectivity index (χ2n) is 7.28. The average molecular weight is 444 g/mol. The van der Waals surface area contributed by atoms with Crippen LogP contribution in [0.15, 0.2) is 84.1 Å². The fourth-order valence-corrected chi connectivity index (χ4v) is 4.54. The van der Waals surface area contributed by atoms with E-state index in [1.165, 1.54) is 0 Å². The van der Waals surface area contributed by atoms with Crippen LogP contribution in [0.2, 0.25) is 0 Å². The van der Waals surface area contributed by atoms with Crippen LogP contribution in [-0.4, -0.2) is 24.5 Å². The molecule has 0 saturated heterocycles. The predicted molar refractivity (Wildman–Crippen MR) is 125 cm³/mol. The van der Waals surface area contributed by atoms with Gasteiger partial charge in [-0.15, -0.1) is 0 Å². The maximum atomic E-state index is 13.6. The molecule has 0 unspecified atom stereocenters. The molecule has 0 spiro atoms. The minimum Gasteiger partial charge on any atom is -0.489 e. The van der Waals surface area contributed by atoms with E-state index in [4.69, 9.17) is 4.74 Å². The molecule has 0 aliphatic rings. The molecule has 32 heavy (non-hydrogen) atoms. The van der Waals surface area contributed by atoms with E-state index in [-0.39, 0.29) is 16.7 Å². The van der Waals surface area contributed by atoms with Gasteiger partial charge >= 0.3 is 0 Å². The molecule has 0 amide bonds. The first-order valence-corrected chi connectivity index (χ1v) is 11.5. The molecule has 160 valence electrons.